The summed E-state index contributed by atoms with van der Waals surface area (Å²) in [4.78, 5) is 56.3. The molecular formula is C33H35F3N4O7S. The summed E-state index contributed by atoms with van der Waals surface area (Å²) in [5.74, 6) is -2.86. The van der Waals surface area contributed by atoms with Crippen LogP contribution in [0.5, 0.6) is 0 Å². The Hall–Kier alpha value is -4.37. The Kier molecular flexibility index (Phi) is 9.16. The first kappa shape index (κ1) is 35.0. The molecule has 0 saturated carbocycles. The third kappa shape index (κ3) is 7.36. The first-order valence-electron chi connectivity index (χ1n) is 15.2. The number of benzene rings is 2. The highest BCUT2D eigenvalue weighted by molar-refractivity contribution is 7.92. The molecule has 0 bridgehead atoms. The van der Waals surface area contributed by atoms with Crippen molar-refractivity contribution in [1.29, 1.82) is 0 Å². The predicted octanol–water partition coefficient (Wildman–Crippen LogP) is 4.34. The average molecular weight is 689 g/mol. The lowest BCUT2D eigenvalue weighted by Gasteiger charge is -2.34. The lowest BCUT2D eigenvalue weighted by Crippen LogP contribution is -2.50. The lowest BCUT2D eigenvalue weighted by atomic mass is 9.89. The predicted molar refractivity (Wildman–Crippen MR) is 170 cm³/mol. The van der Waals surface area contributed by atoms with E-state index < -0.39 is 62.5 Å². The van der Waals surface area contributed by atoms with Crippen LogP contribution in [0.2, 0.25) is 0 Å². The fraction of sp³-hybridized carbons (Fsp3) is 0.424. The van der Waals surface area contributed by atoms with Crippen molar-refractivity contribution in [3.8, 4) is 0 Å². The highest BCUT2D eigenvalue weighted by Gasteiger charge is 2.47. The summed E-state index contributed by atoms with van der Waals surface area (Å²) in [7, 11) is -3.94. The van der Waals surface area contributed by atoms with Gasteiger partial charge in [0, 0.05) is 30.5 Å². The fourth-order valence-corrected chi connectivity index (χ4v) is 7.07. The number of nitrogens with zero attached hydrogens (tertiary/aromatic N) is 3. The van der Waals surface area contributed by atoms with Crippen LogP contribution in [0.3, 0.4) is 0 Å². The lowest BCUT2D eigenvalue weighted by molar-refractivity contribution is -0.156. The number of halogens is 3. The monoisotopic (exact) mass is 688 g/mol. The fourth-order valence-electron chi connectivity index (χ4n) is 5.89. The molecule has 2 fully saturated rings. The molecule has 0 aromatic heterocycles. The molecule has 2 aromatic rings. The molecule has 11 nitrogen and oxygen atoms in total. The molecule has 48 heavy (non-hydrogen) atoms. The largest absolute Gasteiger partial charge is 0.460 e. The number of aliphatic imine (C=N–C) groups is 1. The Morgan fingerprint density at radius 3 is 2.40 bits per heavy atom. The van der Waals surface area contributed by atoms with E-state index in [1.54, 1.807) is 39.8 Å². The van der Waals surface area contributed by atoms with Gasteiger partial charge in [-0.1, -0.05) is 18.2 Å². The highest BCUT2D eigenvalue weighted by atomic mass is 32.2. The molecule has 1 N–H and O–H groups in total. The molecule has 5 rings (SSSR count). The maximum Gasteiger partial charge on any atom is 0.416 e. The zero-order chi connectivity index (χ0) is 35.2. The number of carbonyl (C=O) groups excluding carboxylic acids is 4. The Labute approximate surface area is 275 Å². The molecule has 3 aliphatic heterocycles. The second-order valence-corrected chi connectivity index (χ2v) is 14.9. The van der Waals surface area contributed by atoms with Crippen LogP contribution in [0.25, 0.3) is 6.08 Å². The second-order valence-electron chi connectivity index (χ2n) is 13.1. The minimum Gasteiger partial charge on any atom is -0.460 e. The third-order valence-electron chi connectivity index (χ3n) is 8.36. The van der Waals surface area contributed by atoms with E-state index in [0.717, 1.165) is 22.4 Å². The van der Waals surface area contributed by atoms with E-state index in [2.05, 4.69) is 10.3 Å². The van der Waals surface area contributed by atoms with Gasteiger partial charge < -0.3 is 10.1 Å². The summed E-state index contributed by atoms with van der Waals surface area (Å²) in [6.45, 7) is 6.74. The van der Waals surface area contributed by atoms with Gasteiger partial charge in [0.1, 0.15) is 17.0 Å². The molecule has 1 spiro atoms. The summed E-state index contributed by atoms with van der Waals surface area (Å²) in [6.07, 6.45) is -3.45. The number of hydrogen-bond acceptors (Lipinski definition) is 8. The maximum absolute atomic E-state index is 13.2. The molecule has 0 aliphatic carbocycles. The molecule has 256 valence electrons. The number of alkyl halides is 3. The Morgan fingerprint density at radius 1 is 1.08 bits per heavy atom. The number of nitrogens with one attached hydrogen (secondary N) is 1. The van der Waals surface area contributed by atoms with Crippen molar-refractivity contribution < 1.29 is 45.5 Å². The summed E-state index contributed by atoms with van der Waals surface area (Å²) < 4.78 is 72.5. The Balaban J connectivity index is 1.23. The minimum atomic E-state index is -4.56. The number of sulfonamides is 1. The minimum absolute atomic E-state index is 0.0112. The van der Waals surface area contributed by atoms with E-state index in [9.17, 15) is 40.8 Å². The van der Waals surface area contributed by atoms with E-state index in [-0.39, 0.29) is 50.2 Å². The van der Waals surface area contributed by atoms with Crippen molar-refractivity contribution in [1.82, 2.24) is 9.62 Å². The zero-order valence-electron chi connectivity index (χ0n) is 26.8. The van der Waals surface area contributed by atoms with Crippen molar-refractivity contribution >= 4 is 51.3 Å². The number of piperidine rings is 1. The standard InChI is InChI=1S/C33H35F3N4O7S/c1-20-16-25(40-26(41)18-23(29(40)43)19-27(42)47-31(2,3)4)9-8-21(20)10-15-48(45,46)39-13-11-32(12-14-39)30(44)37-28(38-32)22-6-5-7-24(17-22)33(34,35)36/h5-10,15-17,23H,11-14,18-19H2,1-4H3,(H,37,38,44)/b15-10+/t23-/m1/s1. The van der Waals surface area contributed by atoms with Gasteiger partial charge in [-0.2, -0.15) is 17.5 Å². The first-order valence-corrected chi connectivity index (χ1v) is 16.7. The molecular weight excluding hydrogens is 653 g/mol. The second kappa shape index (κ2) is 12.6. The average Bonchev–Trinajstić information content (AvgIpc) is 3.45. The van der Waals surface area contributed by atoms with Gasteiger partial charge in [0.05, 0.1) is 23.6 Å². The topological polar surface area (TPSA) is 143 Å². The van der Waals surface area contributed by atoms with Gasteiger partial charge >= 0.3 is 12.1 Å². The van der Waals surface area contributed by atoms with Gasteiger partial charge in [0.25, 0.3) is 5.91 Å². The molecule has 1 atom stereocenters. The van der Waals surface area contributed by atoms with Crippen LogP contribution < -0.4 is 10.2 Å². The maximum atomic E-state index is 13.2. The first-order chi connectivity index (χ1) is 22.3. The summed E-state index contributed by atoms with van der Waals surface area (Å²) >= 11 is 0. The number of rotatable bonds is 7. The summed E-state index contributed by atoms with van der Waals surface area (Å²) in [5.41, 5.74) is -1.38. The van der Waals surface area contributed by atoms with E-state index in [4.69, 9.17) is 4.74 Å². The smallest absolute Gasteiger partial charge is 0.416 e. The normalized spacial score (nSPS) is 20.5. The summed E-state index contributed by atoms with van der Waals surface area (Å²) in [5, 5.41) is 3.59. The van der Waals surface area contributed by atoms with Crippen molar-refractivity contribution in [3.05, 3.63) is 70.1 Å². The number of amidine groups is 1. The van der Waals surface area contributed by atoms with E-state index in [0.29, 0.717) is 16.8 Å². The van der Waals surface area contributed by atoms with Crippen LogP contribution in [0.4, 0.5) is 18.9 Å². The molecule has 3 amide bonds. The third-order valence-corrected chi connectivity index (χ3v) is 9.92. The number of esters is 1. The molecule has 3 aliphatic rings. The van der Waals surface area contributed by atoms with Gasteiger partial charge in [-0.3, -0.25) is 29.1 Å². The number of hydrogen-bond donors (Lipinski definition) is 1. The molecule has 0 unspecified atom stereocenters. The van der Waals surface area contributed by atoms with Gasteiger partial charge in [-0.15, -0.1) is 0 Å². The van der Waals surface area contributed by atoms with Crippen molar-refractivity contribution in [2.75, 3.05) is 18.0 Å². The molecule has 2 aromatic carbocycles. The van der Waals surface area contributed by atoms with Crippen LogP contribution >= 0.6 is 0 Å². The van der Waals surface area contributed by atoms with E-state index in [1.165, 1.54) is 28.6 Å². The highest BCUT2D eigenvalue weighted by Crippen LogP contribution is 2.35. The van der Waals surface area contributed by atoms with Crippen LogP contribution in [0.1, 0.15) is 68.7 Å². The van der Waals surface area contributed by atoms with Crippen LogP contribution in [0, 0.1) is 12.8 Å². The van der Waals surface area contributed by atoms with Crippen LogP contribution in [0.15, 0.2) is 52.9 Å². The molecule has 15 heteroatoms. The number of anilines is 1. The molecule has 2 saturated heterocycles. The Morgan fingerprint density at radius 2 is 1.77 bits per heavy atom. The summed E-state index contributed by atoms with van der Waals surface area (Å²) in [6, 6.07) is 9.15. The SMILES string of the molecule is Cc1cc(N2C(=O)C[C@H](CC(=O)OC(C)(C)C)C2=O)ccc1/C=C/S(=O)(=O)N1CCC2(CC1)N=C(c1cccc(C(F)(F)F)c1)NC2=O. The molecule has 3 heterocycles. The van der Waals surface area contributed by atoms with E-state index in [1.807, 2.05) is 0 Å². The van der Waals surface area contributed by atoms with Crippen molar-refractivity contribution in [2.45, 2.75) is 70.7 Å². The van der Waals surface area contributed by atoms with Crippen LogP contribution in [-0.2, 0) is 40.1 Å². The number of amides is 3. The van der Waals surface area contributed by atoms with Gasteiger partial charge in [-0.25, -0.2) is 8.42 Å². The Bertz CT molecular complexity index is 1840. The van der Waals surface area contributed by atoms with Crippen molar-refractivity contribution in [3.63, 3.8) is 0 Å². The number of carbonyl (C=O) groups is 4. The van der Waals surface area contributed by atoms with Crippen molar-refractivity contribution in [2.24, 2.45) is 10.9 Å². The van der Waals surface area contributed by atoms with Crippen LogP contribution in [-0.4, -0.2) is 66.5 Å². The quantitative estimate of drug-likeness (QED) is 0.337. The van der Waals surface area contributed by atoms with E-state index >= 15 is 0 Å². The van der Waals surface area contributed by atoms with Gasteiger partial charge in [0.2, 0.25) is 21.8 Å². The zero-order valence-corrected chi connectivity index (χ0v) is 27.6. The number of imide groups is 1. The molecule has 0 radical (unpaired) electrons. The number of aryl methyl sites for hydroxylation is 1. The van der Waals surface area contributed by atoms with Gasteiger partial charge in [0.15, 0.2) is 0 Å². The van der Waals surface area contributed by atoms with Gasteiger partial charge in [-0.05, 0) is 82.0 Å². The number of ether oxygens (including phenoxy) is 1.